The molecule has 0 fully saturated rings. The maximum Gasteiger partial charge on any atom is 0.446 e. The van der Waals surface area contributed by atoms with Crippen LogP contribution in [-0.4, -0.2) is 26.5 Å². The largest absolute Gasteiger partial charge is 0.446 e. The second-order valence-electron chi connectivity index (χ2n) is 7.19. The molecule has 2 heterocycles. The van der Waals surface area contributed by atoms with E-state index in [0.717, 1.165) is 5.56 Å². The number of carbonyl (C=O) groups is 1. The SMILES string of the molecule is Cc1cc(NC(=O)Nc2cccc(SC(F)(F)F)c2)ccc1Oc1ncccc1-c1ccncn1. The average Bonchev–Trinajstić information content (AvgIpc) is 2.81. The minimum absolute atomic E-state index is 0.0245. The van der Waals surface area contributed by atoms with E-state index in [2.05, 4.69) is 25.6 Å². The lowest BCUT2D eigenvalue weighted by molar-refractivity contribution is -0.0328. The monoisotopic (exact) mass is 497 g/mol. The van der Waals surface area contributed by atoms with Crippen LogP contribution in [0.5, 0.6) is 11.6 Å². The Balaban J connectivity index is 1.43. The van der Waals surface area contributed by atoms with Crippen LogP contribution in [0.1, 0.15) is 5.56 Å². The van der Waals surface area contributed by atoms with E-state index < -0.39 is 11.5 Å². The van der Waals surface area contributed by atoms with Crippen molar-refractivity contribution in [2.45, 2.75) is 17.3 Å². The molecule has 0 aliphatic rings. The highest BCUT2D eigenvalue weighted by molar-refractivity contribution is 8.00. The number of thioether (sulfide) groups is 1. The van der Waals surface area contributed by atoms with Crippen molar-refractivity contribution >= 4 is 29.2 Å². The molecule has 0 atom stereocenters. The van der Waals surface area contributed by atoms with Gasteiger partial charge in [-0.1, -0.05) is 6.07 Å². The normalized spacial score (nSPS) is 11.1. The van der Waals surface area contributed by atoms with Crippen molar-refractivity contribution in [3.05, 3.63) is 84.9 Å². The van der Waals surface area contributed by atoms with Gasteiger partial charge >= 0.3 is 11.5 Å². The molecule has 7 nitrogen and oxygen atoms in total. The first-order chi connectivity index (χ1) is 16.8. The Bertz CT molecular complexity index is 1340. The second kappa shape index (κ2) is 10.4. The molecule has 2 amide bonds. The number of hydrogen-bond acceptors (Lipinski definition) is 6. The Labute approximate surface area is 202 Å². The number of urea groups is 1. The third-order valence-electron chi connectivity index (χ3n) is 4.59. The zero-order valence-corrected chi connectivity index (χ0v) is 19.0. The van der Waals surface area contributed by atoms with E-state index in [1.807, 2.05) is 13.0 Å². The van der Waals surface area contributed by atoms with E-state index in [4.69, 9.17) is 4.74 Å². The first-order valence-corrected chi connectivity index (χ1v) is 11.0. The highest BCUT2D eigenvalue weighted by atomic mass is 32.2. The number of amides is 2. The predicted molar refractivity (Wildman–Crippen MR) is 128 cm³/mol. The summed E-state index contributed by atoms with van der Waals surface area (Å²) in [4.78, 5) is 24.8. The van der Waals surface area contributed by atoms with Gasteiger partial charge in [0.2, 0.25) is 5.88 Å². The van der Waals surface area contributed by atoms with Gasteiger partial charge in [-0.25, -0.2) is 19.7 Å². The third-order valence-corrected chi connectivity index (χ3v) is 5.32. The summed E-state index contributed by atoms with van der Waals surface area (Å²) in [6.45, 7) is 1.81. The van der Waals surface area contributed by atoms with Gasteiger partial charge in [-0.2, -0.15) is 13.2 Å². The number of alkyl halides is 3. The van der Waals surface area contributed by atoms with Crippen molar-refractivity contribution < 1.29 is 22.7 Å². The summed E-state index contributed by atoms with van der Waals surface area (Å²) in [5, 5.41) is 5.19. The Hall–Kier alpha value is -4.12. The Morgan fingerprint density at radius 3 is 2.46 bits per heavy atom. The molecule has 0 bridgehead atoms. The van der Waals surface area contributed by atoms with Crippen LogP contribution in [0.15, 0.2) is 84.3 Å². The van der Waals surface area contributed by atoms with Crippen molar-refractivity contribution in [3.8, 4) is 22.9 Å². The lowest BCUT2D eigenvalue weighted by atomic mass is 10.2. The fraction of sp³-hybridized carbons (Fsp3) is 0.0833. The van der Waals surface area contributed by atoms with Gasteiger partial charge in [0.1, 0.15) is 12.1 Å². The van der Waals surface area contributed by atoms with Crippen LogP contribution >= 0.6 is 11.8 Å². The number of nitrogens with zero attached hydrogens (tertiary/aromatic N) is 3. The minimum Gasteiger partial charge on any atom is -0.438 e. The topological polar surface area (TPSA) is 89.0 Å². The quantitative estimate of drug-likeness (QED) is 0.282. The highest BCUT2D eigenvalue weighted by Gasteiger charge is 2.29. The average molecular weight is 498 g/mol. The summed E-state index contributed by atoms with van der Waals surface area (Å²) in [6, 6.07) is 15.3. The van der Waals surface area contributed by atoms with Crippen LogP contribution in [0, 0.1) is 6.92 Å². The number of nitrogens with one attached hydrogen (secondary N) is 2. The Morgan fingerprint density at radius 2 is 1.74 bits per heavy atom. The van der Waals surface area contributed by atoms with Gasteiger partial charge in [-0.15, -0.1) is 0 Å². The predicted octanol–water partition coefficient (Wildman–Crippen LogP) is 6.90. The van der Waals surface area contributed by atoms with Crippen LogP contribution in [0.25, 0.3) is 11.3 Å². The van der Waals surface area contributed by atoms with E-state index in [0.29, 0.717) is 28.6 Å². The first kappa shape index (κ1) is 24.0. The lowest BCUT2D eigenvalue weighted by Gasteiger charge is -2.13. The second-order valence-corrected chi connectivity index (χ2v) is 8.33. The molecule has 4 rings (SSSR count). The van der Waals surface area contributed by atoms with Crippen LogP contribution in [0.4, 0.5) is 29.3 Å². The molecular weight excluding hydrogens is 479 g/mol. The molecule has 11 heteroatoms. The molecule has 2 aromatic carbocycles. The van der Waals surface area contributed by atoms with E-state index in [-0.39, 0.29) is 22.3 Å². The van der Waals surface area contributed by atoms with Crippen LogP contribution in [0.2, 0.25) is 0 Å². The number of hydrogen-bond donors (Lipinski definition) is 2. The molecule has 2 N–H and O–H groups in total. The molecule has 35 heavy (non-hydrogen) atoms. The van der Waals surface area contributed by atoms with Gasteiger partial charge in [0, 0.05) is 28.7 Å². The van der Waals surface area contributed by atoms with Crippen molar-refractivity contribution in [2.24, 2.45) is 0 Å². The summed E-state index contributed by atoms with van der Waals surface area (Å²) >= 11 is -0.248. The summed E-state index contributed by atoms with van der Waals surface area (Å²) in [6.07, 6.45) is 4.67. The maximum atomic E-state index is 12.6. The van der Waals surface area contributed by atoms with Crippen molar-refractivity contribution in [1.82, 2.24) is 15.0 Å². The Morgan fingerprint density at radius 1 is 0.943 bits per heavy atom. The zero-order chi connectivity index (χ0) is 24.8. The number of rotatable bonds is 6. The van der Waals surface area contributed by atoms with E-state index >= 15 is 0 Å². The number of carbonyl (C=O) groups excluding carboxylic acids is 1. The summed E-state index contributed by atoms with van der Waals surface area (Å²) in [7, 11) is 0. The van der Waals surface area contributed by atoms with Crippen LogP contribution in [-0.2, 0) is 0 Å². The molecule has 0 aliphatic heterocycles. The molecule has 178 valence electrons. The van der Waals surface area contributed by atoms with Crippen LogP contribution in [0.3, 0.4) is 0 Å². The van der Waals surface area contributed by atoms with Gasteiger partial charge in [0.25, 0.3) is 0 Å². The maximum absolute atomic E-state index is 12.6. The molecule has 4 aromatic rings. The highest BCUT2D eigenvalue weighted by Crippen LogP contribution is 2.37. The molecule has 0 saturated heterocycles. The lowest BCUT2D eigenvalue weighted by Crippen LogP contribution is -2.19. The number of pyridine rings is 1. The molecule has 0 aliphatic carbocycles. The number of benzene rings is 2. The number of aryl methyl sites for hydroxylation is 1. The minimum atomic E-state index is -4.41. The fourth-order valence-corrected chi connectivity index (χ4v) is 3.73. The van der Waals surface area contributed by atoms with Gasteiger partial charge in [-0.05, 0) is 78.8 Å². The van der Waals surface area contributed by atoms with Crippen LogP contribution < -0.4 is 15.4 Å². The van der Waals surface area contributed by atoms with Gasteiger partial charge < -0.3 is 15.4 Å². The van der Waals surface area contributed by atoms with E-state index in [9.17, 15) is 18.0 Å². The third kappa shape index (κ3) is 6.70. The molecule has 0 spiro atoms. The Kier molecular flexibility index (Phi) is 7.16. The summed E-state index contributed by atoms with van der Waals surface area (Å²) in [5.74, 6) is 0.895. The number of aromatic nitrogens is 3. The zero-order valence-electron chi connectivity index (χ0n) is 18.2. The van der Waals surface area contributed by atoms with Crippen molar-refractivity contribution in [2.75, 3.05) is 10.6 Å². The van der Waals surface area contributed by atoms with Gasteiger partial charge in [0.05, 0.1) is 11.3 Å². The molecular formula is C24H18F3N5O2S. The smallest absolute Gasteiger partial charge is 0.438 e. The number of anilines is 2. The molecule has 0 saturated carbocycles. The number of ether oxygens (including phenoxy) is 1. The first-order valence-electron chi connectivity index (χ1n) is 10.2. The molecule has 0 unspecified atom stereocenters. The number of halogens is 3. The van der Waals surface area contributed by atoms with E-state index in [1.165, 1.54) is 30.6 Å². The molecule has 2 aromatic heterocycles. The van der Waals surface area contributed by atoms with Crippen molar-refractivity contribution in [3.63, 3.8) is 0 Å². The standard InChI is InChI=1S/C24H18F3N5O2S/c1-15-12-17(32-23(33)31-16-4-2-5-18(13-16)35-24(25,26)27)7-8-21(15)34-22-19(6-3-10-29-22)20-9-11-28-14-30-20/h2-14H,1H3,(H2,31,32,33). The fourth-order valence-electron chi connectivity index (χ4n) is 3.13. The summed E-state index contributed by atoms with van der Waals surface area (Å²) < 4.78 is 43.8. The van der Waals surface area contributed by atoms with Crippen molar-refractivity contribution in [1.29, 1.82) is 0 Å². The summed E-state index contributed by atoms with van der Waals surface area (Å²) in [5.41, 5.74) is -1.61. The molecule has 0 radical (unpaired) electrons. The van der Waals surface area contributed by atoms with Gasteiger partial charge in [-0.3, -0.25) is 0 Å². The van der Waals surface area contributed by atoms with Gasteiger partial charge in [0.15, 0.2) is 0 Å². The van der Waals surface area contributed by atoms with E-state index in [1.54, 1.807) is 42.7 Å².